The molecule has 0 aromatic carbocycles. The van der Waals surface area contributed by atoms with Crippen molar-refractivity contribution in [1.29, 1.82) is 0 Å². The Morgan fingerprint density at radius 3 is 2.76 bits per heavy atom. The fourth-order valence-corrected chi connectivity index (χ4v) is 3.33. The van der Waals surface area contributed by atoms with E-state index in [0.717, 1.165) is 31.4 Å². The molecule has 1 heterocycles. The Bertz CT molecular complexity index is 351. The summed E-state index contributed by atoms with van der Waals surface area (Å²) in [5, 5.41) is 18.8. The highest BCUT2D eigenvalue weighted by Gasteiger charge is 2.29. The Morgan fingerprint density at radius 2 is 2.06 bits per heavy atom. The number of hydrogen-bond acceptors (Lipinski definition) is 6. The molecule has 0 atom stereocenters. The number of thioether (sulfide) groups is 2. The van der Waals surface area contributed by atoms with Crippen molar-refractivity contribution >= 4 is 23.5 Å². The molecule has 0 unspecified atom stereocenters. The molecule has 1 fully saturated rings. The monoisotopic (exact) mass is 274 g/mol. The summed E-state index contributed by atoms with van der Waals surface area (Å²) in [4.78, 5) is 0. The van der Waals surface area contributed by atoms with Gasteiger partial charge in [-0.2, -0.15) is 11.8 Å². The van der Waals surface area contributed by atoms with Gasteiger partial charge in [-0.05, 0) is 19.1 Å². The number of aliphatic hydroxyl groups is 1. The summed E-state index contributed by atoms with van der Waals surface area (Å²) in [6.45, 7) is 0. The van der Waals surface area contributed by atoms with Gasteiger partial charge < -0.3 is 9.52 Å². The summed E-state index contributed by atoms with van der Waals surface area (Å²) in [6.07, 6.45) is 7.28. The number of aromatic nitrogens is 2. The van der Waals surface area contributed by atoms with Gasteiger partial charge in [0.1, 0.15) is 0 Å². The molecule has 96 valence electrons. The maximum absolute atomic E-state index is 10.3. The Balaban J connectivity index is 1.83. The molecular weight excluding hydrogens is 256 g/mol. The van der Waals surface area contributed by atoms with Crippen molar-refractivity contribution in [2.45, 2.75) is 48.7 Å². The Labute approximate surface area is 110 Å². The van der Waals surface area contributed by atoms with E-state index < -0.39 is 5.60 Å². The molecule has 17 heavy (non-hydrogen) atoms. The molecule has 4 nitrogen and oxygen atoms in total. The van der Waals surface area contributed by atoms with Gasteiger partial charge in [0.2, 0.25) is 5.89 Å². The predicted molar refractivity (Wildman–Crippen MR) is 70.3 cm³/mol. The molecule has 0 saturated heterocycles. The predicted octanol–water partition coefficient (Wildman–Crippen LogP) is 2.72. The Kier molecular flexibility index (Phi) is 4.76. The molecule has 1 N–H and O–H groups in total. The lowest BCUT2D eigenvalue weighted by Crippen LogP contribution is -2.33. The molecule has 0 aliphatic heterocycles. The first-order valence-corrected chi connectivity index (χ1v) is 8.26. The molecule has 1 aromatic rings. The van der Waals surface area contributed by atoms with Crippen LogP contribution in [0.25, 0.3) is 0 Å². The lowest BCUT2D eigenvalue weighted by molar-refractivity contribution is 0.0271. The zero-order chi connectivity index (χ0) is 12.1. The van der Waals surface area contributed by atoms with E-state index in [1.54, 1.807) is 11.8 Å². The SMILES string of the molecule is CSCc1nnc(SCC2(O)CCCCC2)o1. The fourth-order valence-electron chi connectivity index (χ4n) is 2.03. The lowest BCUT2D eigenvalue weighted by Gasteiger charge is -2.31. The molecular formula is C11H18N2O2S2. The maximum Gasteiger partial charge on any atom is 0.276 e. The quantitative estimate of drug-likeness (QED) is 0.833. The summed E-state index contributed by atoms with van der Waals surface area (Å²) in [5.41, 5.74) is -0.531. The maximum atomic E-state index is 10.3. The third-order valence-corrected chi connectivity index (χ3v) is 4.59. The summed E-state index contributed by atoms with van der Waals surface area (Å²) >= 11 is 3.13. The molecule has 6 heteroatoms. The largest absolute Gasteiger partial charge is 0.415 e. The second-order valence-electron chi connectivity index (χ2n) is 4.47. The van der Waals surface area contributed by atoms with E-state index in [0.29, 0.717) is 16.9 Å². The molecule has 0 radical (unpaired) electrons. The van der Waals surface area contributed by atoms with Gasteiger partial charge >= 0.3 is 0 Å². The highest BCUT2D eigenvalue weighted by atomic mass is 32.2. The van der Waals surface area contributed by atoms with Crippen molar-refractivity contribution in [3.63, 3.8) is 0 Å². The molecule has 2 rings (SSSR count). The Morgan fingerprint density at radius 1 is 1.29 bits per heavy atom. The number of nitrogens with zero attached hydrogens (tertiary/aromatic N) is 2. The zero-order valence-corrected chi connectivity index (χ0v) is 11.6. The average molecular weight is 274 g/mol. The van der Waals surface area contributed by atoms with Gasteiger partial charge in [-0.1, -0.05) is 31.0 Å². The van der Waals surface area contributed by atoms with Gasteiger partial charge in [-0.15, -0.1) is 10.2 Å². The van der Waals surface area contributed by atoms with Gasteiger partial charge in [0.05, 0.1) is 11.4 Å². The van der Waals surface area contributed by atoms with Gasteiger partial charge in [-0.25, -0.2) is 0 Å². The molecule has 0 bridgehead atoms. The molecule has 0 spiro atoms. The van der Waals surface area contributed by atoms with E-state index in [9.17, 15) is 5.11 Å². The highest BCUT2D eigenvalue weighted by molar-refractivity contribution is 7.99. The molecule has 0 amide bonds. The third kappa shape index (κ3) is 3.89. The van der Waals surface area contributed by atoms with Crippen LogP contribution in [-0.4, -0.2) is 32.9 Å². The summed E-state index contributed by atoms with van der Waals surface area (Å²) in [6, 6.07) is 0. The number of hydrogen-bond donors (Lipinski definition) is 1. The van der Waals surface area contributed by atoms with E-state index in [4.69, 9.17) is 4.42 Å². The first-order chi connectivity index (χ1) is 8.22. The average Bonchev–Trinajstić information content (AvgIpc) is 2.76. The van der Waals surface area contributed by atoms with Crippen LogP contribution in [0.2, 0.25) is 0 Å². The van der Waals surface area contributed by atoms with Crippen molar-refractivity contribution in [1.82, 2.24) is 10.2 Å². The van der Waals surface area contributed by atoms with Crippen LogP contribution in [0, 0.1) is 0 Å². The Hall–Kier alpha value is -0.200. The van der Waals surface area contributed by atoms with Crippen LogP contribution in [0.5, 0.6) is 0 Å². The minimum absolute atomic E-state index is 0.531. The second-order valence-corrected chi connectivity index (χ2v) is 6.26. The van der Waals surface area contributed by atoms with E-state index in [1.807, 2.05) is 6.26 Å². The third-order valence-electron chi connectivity index (χ3n) is 2.96. The van der Waals surface area contributed by atoms with Crippen molar-refractivity contribution in [3.05, 3.63) is 5.89 Å². The van der Waals surface area contributed by atoms with Crippen LogP contribution in [0.1, 0.15) is 38.0 Å². The molecule has 1 saturated carbocycles. The minimum Gasteiger partial charge on any atom is -0.415 e. The highest BCUT2D eigenvalue weighted by Crippen LogP contribution is 2.33. The van der Waals surface area contributed by atoms with Crippen molar-refractivity contribution in [2.75, 3.05) is 12.0 Å². The van der Waals surface area contributed by atoms with Gasteiger partial charge in [-0.3, -0.25) is 0 Å². The second kappa shape index (κ2) is 6.11. The lowest BCUT2D eigenvalue weighted by atomic mass is 9.86. The van der Waals surface area contributed by atoms with Crippen LogP contribution in [0.15, 0.2) is 9.64 Å². The van der Waals surface area contributed by atoms with Crippen LogP contribution in [0.4, 0.5) is 0 Å². The van der Waals surface area contributed by atoms with Gasteiger partial charge in [0.25, 0.3) is 5.22 Å². The van der Waals surface area contributed by atoms with Gasteiger partial charge in [0, 0.05) is 5.75 Å². The fraction of sp³-hybridized carbons (Fsp3) is 0.818. The van der Waals surface area contributed by atoms with Crippen LogP contribution < -0.4 is 0 Å². The zero-order valence-electron chi connectivity index (χ0n) is 10.0. The molecule has 1 aliphatic rings. The molecule has 1 aromatic heterocycles. The standard InChI is InChI=1S/C11H18N2O2S2/c1-16-7-9-12-13-10(15-9)17-8-11(14)5-3-2-4-6-11/h14H,2-8H2,1H3. The van der Waals surface area contributed by atoms with Crippen LogP contribution in [0.3, 0.4) is 0 Å². The van der Waals surface area contributed by atoms with E-state index >= 15 is 0 Å². The van der Waals surface area contributed by atoms with E-state index in [1.165, 1.54) is 18.2 Å². The smallest absolute Gasteiger partial charge is 0.276 e. The molecule has 1 aliphatic carbocycles. The van der Waals surface area contributed by atoms with Gasteiger partial charge in [0.15, 0.2) is 0 Å². The first-order valence-electron chi connectivity index (χ1n) is 5.88. The van der Waals surface area contributed by atoms with Crippen LogP contribution in [-0.2, 0) is 5.75 Å². The normalized spacial score (nSPS) is 19.4. The van der Waals surface area contributed by atoms with Crippen molar-refractivity contribution in [2.24, 2.45) is 0 Å². The van der Waals surface area contributed by atoms with Crippen molar-refractivity contribution in [3.8, 4) is 0 Å². The number of rotatable bonds is 5. The van der Waals surface area contributed by atoms with E-state index in [-0.39, 0.29) is 0 Å². The minimum atomic E-state index is -0.531. The van der Waals surface area contributed by atoms with Crippen LogP contribution >= 0.6 is 23.5 Å². The topological polar surface area (TPSA) is 59.2 Å². The van der Waals surface area contributed by atoms with Crippen molar-refractivity contribution < 1.29 is 9.52 Å². The summed E-state index contributed by atoms with van der Waals surface area (Å²) in [5.74, 6) is 2.07. The summed E-state index contributed by atoms with van der Waals surface area (Å²) < 4.78 is 5.47. The first kappa shape index (κ1) is 13.2. The van der Waals surface area contributed by atoms with E-state index in [2.05, 4.69) is 10.2 Å². The summed E-state index contributed by atoms with van der Waals surface area (Å²) in [7, 11) is 0.